The number of aromatic nitrogens is 2. The number of hydrogen-bond acceptors (Lipinski definition) is 9. The van der Waals surface area contributed by atoms with Crippen molar-refractivity contribution in [3.63, 3.8) is 0 Å². The first-order chi connectivity index (χ1) is 20.6. The second-order valence-electron chi connectivity index (χ2n) is 11.7. The van der Waals surface area contributed by atoms with Gasteiger partial charge in [-0.3, -0.25) is 9.69 Å². The number of nitrogens with zero attached hydrogens (tertiary/aromatic N) is 7. The molecular weight excluding hydrogens is 530 g/mol. The Morgan fingerprint density at radius 2 is 2.02 bits per heavy atom. The van der Waals surface area contributed by atoms with Gasteiger partial charge in [0, 0.05) is 69.5 Å². The van der Waals surface area contributed by atoms with E-state index in [9.17, 15) is 10.1 Å². The minimum Gasteiger partial charge on any atom is -0.462 e. The second kappa shape index (κ2) is 12.7. The largest absolute Gasteiger partial charge is 0.462 e. The molecule has 4 heterocycles. The van der Waals surface area contributed by atoms with Crippen molar-refractivity contribution in [3.05, 3.63) is 53.2 Å². The number of carbonyl (C=O) groups excluding carboxylic acids is 1. The van der Waals surface area contributed by atoms with E-state index >= 15 is 0 Å². The van der Waals surface area contributed by atoms with E-state index in [0.29, 0.717) is 38.3 Å². The molecule has 1 unspecified atom stereocenters. The molecule has 1 aromatic heterocycles. The quantitative estimate of drug-likeness (QED) is 0.443. The van der Waals surface area contributed by atoms with E-state index in [2.05, 4.69) is 52.5 Å². The molecule has 2 fully saturated rings. The zero-order valence-electron chi connectivity index (χ0n) is 24.6. The SMILES string of the molecule is C=CC(=O)N1CCN(c2nc(OCCN3CCOCC3)nc3c2CCC(N2CCc4c(C)cccc42)C3)C[C@@H]1CC#N. The van der Waals surface area contributed by atoms with Gasteiger partial charge in [-0.25, -0.2) is 0 Å². The Morgan fingerprint density at radius 1 is 1.17 bits per heavy atom. The van der Waals surface area contributed by atoms with Crippen LogP contribution in [-0.2, 0) is 28.8 Å². The zero-order valence-corrected chi connectivity index (χ0v) is 24.6. The predicted octanol–water partition coefficient (Wildman–Crippen LogP) is 2.53. The molecule has 6 rings (SSSR count). The number of amides is 1. The van der Waals surface area contributed by atoms with E-state index < -0.39 is 0 Å². The van der Waals surface area contributed by atoms with E-state index in [0.717, 1.165) is 76.6 Å². The fourth-order valence-corrected chi connectivity index (χ4v) is 6.99. The summed E-state index contributed by atoms with van der Waals surface area (Å²) < 4.78 is 11.7. The molecule has 10 nitrogen and oxygen atoms in total. The molecule has 1 amide bonds. The van der Waals surface area contributed by atoms with Crippen LogP contribution in [0.1, 0.15) is 35.2 Å². The van der Waals surface area contributed by atoms with E-state index in [1.54, 1.807) is 4.90 Å². The molecule has 1 aromatic carbocycles. The number of hydrogen-bond donors (Lipinski definition) is 0. The highest BCUT2D eigenvalue weighted by Gasteiger charge is 2.35. The topological polar surface area (TPSA) is 98.1 Å². The number of fused-ring (bicyclic) bond motifs is 2. The van der Waals surface area contributed by atoms with Crippen LogP contribution in [0.3, 0.4) is 0 Å². The van der Waals surface area contributed by atoms with Gasteiger partial charge >= 0.3 is 6.01 Å². The van der Waals surface area contributed by atoms with Crippen LogP contribution in [0.25, 0.3) is 0 Å². The number of rotatable bonds is 8. The van der Waals surface area contributed by atoms with Crippen LogP contribution >= 0.6 is 0 Å². The van der Waals surface area contributed by atoms with Crippen LogP contribution in [-0.4, -0.2) is 103 Å². The molecule has 0 saturated carbocycles. The Hall–Kier alpha value is -3.68. The number of ether oxygens (including phenoxy) is 2. The molecule has 42 heavy (non-hydrogen) atoms. The van der Waals surface area contributed by atoms with Crippen LogP contribution in [0.15, 0.2) is 30.9 Å². The fraction of sp³-hybridized carbons (Fsp3) is 0.562. The number of anilines is 2. The first-order valence-electron chi connectivity index (χ1n) is 15.3. The Labute approximate surface area is 248 Å². The minimum atomic E-state index is -0.216. The molecule has 10 heteroatoms. The van der Waals surface area contributed by atoms with Crippen molar-refractivity contribution in [3.8, 4) is 12.1 Å². The average Bonchev–Trinajstić information content (AvgIpc) is 3.46. The number of aryl methyl sites for hydroxylation is 1. The maximum Gasteiger partial charge on any atom is 0.318 e. The van der Waals surface area contributed by atoms with Crippen molar-refractivity contribution in [2.75, 3.05) is 75.4 Å². The molecule has 0 spiro atoms. The van der Waals surface area contributed by atoms with Gasteiger partial charge in [0.15, 0.2) is 0 Å². The number of carbonyl (C=O) groups is 1. The van der Waals surface area contributed by atoms with E-state index in [4.69, 9.17) is 19.4 Å². The summed E-state index contributed by atoms with van der Waals surface area (Å²) in [5.41, 5.74) is 6.43. The molecule has 2 saturated heterocycles. The molecule has 2 atom stereocenters. The lowest BCUT2D eigenvalue weighted by Crippen LogP contribution is -2.55. The smallest absolute Gasteiger partial charge is 0.318 e. The lowest BCUT2D eigenvalue weighted by atomic mass is 9.90. The molecule has 1 aliphatic carbocycles. The van der Waals surface area contributed by atoms with Crippen molar-refractivity contribution in [2.45, 2.75) is 51.1 Å². The Kier molecular flexibility index (Phi) is 8.58. The fourth-order valence-electron chi connectivity index (χ4n) is 6.99. The van der Waals surface area contributed by atoms with Gasteiger partial charge in [-0.1, -0.05) is 18.7 Å². The highest BCUT2D eigenvalue weighted by atomic mass is 16.5. The summed E-state index contributed by atoms with van der Waals surface area (Å²) in [6.07, 6.45) is 5.45. The standard InChI is InChI=1S/C32H41N7O3/c1-3-30(40)39-14-13-37(22-25(39)9-11-33)31-27-8-7-24(38-12-10-26-23(2)5-4-6-29(26)38)21-28(27)34-32(35-31)42-20-17-36-15-18-41-19-16-36/h3-6,24-25H,1,7-10,12-22H2,2H3/t24?,25-/m0/s1. The van der Waals surface area contributed by atoms with E-state index in [1.807, 2.05) is 0 Å². The summed E-state index contributed by atoms with van der Waals surface area (Å²) in [4.78, 5) is 31.4. The number of benzene rings is 1. The molecule has 222 valence electrons. The number of morpholine rings is 1. The van der Waals surface area contributed by atoms with Crippen LogP contribution in [0, 0.1) is 18.3 Å². The maximum absolute atomic E-state index is 12.5. The summed E-state index contributed by atoms with van der Waals surface area (Å²) >= 11 is 0. The van der Waals surface area contributed by atoms with Gasteiger partial charge in [0.05, 0.1) is 37.4 Å². The molecule has 0 radical (unpaired) electrons. The predicted molar refractivity (Wildman–Crippen MR) is 161 cm³/mol. The summed E-state index contributed by atoms with van der Waals surface area (Å²) in [7, 11) is 0. The molecule has 0 N–H and O–H groups in total. The van der Waals surface area contributed by atoms with Crippen molar-refractivity contribution in [1.82, 2.24) is 19.8 Å². The van der Waals surface area contributed by atoms with E-state index in [-0.39, 0.29) is 18.4 Å². The maximum atomic E-state index is 12.5. The zero-order chi connectivity index (χ0) is 29.1. The van der Waals surface area contributed by atoms with Gasteiger partial charge < -0.3 is 24.2 Å². The highest BCUT2D eigenvalue weighted by Crippen LogP contribution is 2.38. The third kappa shape index (κ3) is 5.81. The van der Waals surface area contributed by atoms with Crippen molar-refractivity contribution >= 4 is 17.4 Å². The lowest BCUT2D eigenvalue weighted by Gasteiger charge is -2.42. The molecule has 3 aliphatic heterocycles. The molecular formula is C32H41N7O3. The summed E-state index contributed by atoms with van der Waals surface area (Å²) in [6, 6.07) is 9.47. The van der Waals surface area contributed by atoms with Gasteiger partial charge in [0.2, 0.25) is 5.91 Å². The Morgan fingerprint density at radius 3 is 2.83 bits per heavy atom. The van der Waals surface area contributed by atoms with Crippen molar-refractivity contribution in [1.29, 1.82) is 5.26 Å². The van der Waals surface area contributed by atoms with Gasteiger partial charge in [-0.05, 0) is 49.5 Å². The summed E-state index contributed by atoms with van der Waals surface area (Å²) in [6.45, 7) is 13.3. The molecule has 0 bridgehead atoms. The number of nitriles is 1. The Bertz CT molecular complexity index is 1350. The third-order valence-electron chi connectivity index (χ3n) is 9.25. The van der Waals surface area contributed by atoms with E-state index in [1.165, 1.54) is 28.5 Å². The normalized spacial score (nSPS) is 22.3. The lowest BCUT2D eigenvalue weighted by molar-refractivity contribution is -0.128. The van der Waals surface area contributed by atoms with Gasteiger partial charge in [-0.2, -0.15) is 15.2 Å². The van der Waals surface area contributed by atoms with Crippen LogP contribution in [0.4, 0.5) is 11.5 Å². The van der Waals surface area contributed by atoms with Gasteiger partial charge in [-0.15, -0.1) is 0 Å². The van der Waals surface area contributed by atoms with Crippen LogP contribution < -0.4 is 14.5 Å². The summed E-state index contributed by atoms with van der Waals surface area (Å²) in [5.74, 6) is 0.766. The monoisotopic (exact) mass is 571 g/mol. The number of piperazine rings is 1. The van der Waals surface area contributed by atoms with Crippen molar-refractivity contribution in [2.24, 2.45) is 0 Å². The molecule has 2 aromatic rings. The summed E-state index contributed by atoms with van der Waals surface area (Å²) in [5, 5.41) is 9.51. The second-order valence-corrected chi connectivity index (χ2v) is 11.7. The average molecular weight is 572 g/mol. The first kappa shape index (κ1) is 28.4. The third-order valence-corrected chi connectivity index (χ3v) is 9.25. The van der Waals surface area contributed by atoms with Crippen molar-refractivity contribution < 1.29 is 14.3 Å². The highest BCUT2D eigenvalue weighted by molar-refractivity contribution is 5.87. The van der Waals surface area contributed by atoms with Gasteiger partial charge in [0.1, 0.15) is 12.4 Å². The molecule has 4 aliphatic rings. The van der Waals surface area contributed by atoms with Gasteiger partial charge in [0.25, 0.3) is 0 Å². The van der Waals surface area contributed by atoms with Crippen LogP contribution in [0.2, 0.25) is 0 Å². The Balaban J connectivity index is 1.26. The minimum absolute atomic E-state index is 0.129. The first-order valence-corrected chi connectivity index (χ1v) is 15.3. The van der Waals surface area contributed by atoms with Crippen LogP contribution in [0.5, 0.6) is 6.01 Å².